The number of nitrogens with zero attached hydrogens (tertiary/aromatic N) is 1. The average Bonchev–Trinajstić information content (AvgIpc) is 2.49. The second-order valence-electron chi connectivity index (χ2n) is 4.01. The van der Waals surface area contributed by atoms with Crippen LogP contribution in [0.3, 0.4) is 0 Å². The van der Waals surface area contributed by atoms with Gasteiger partial charge in [0.05, 0.1) is 43.5 Å². The lowest BCUT2D eigenvalue weighted by Gasteiger charge is -2.06. The van der Waals surface area contributed by atoms with Gasteiger partial charge in [0.2, 0.25) is 0 Å². The number of ether oxygens (including phenoxy) is 3. The molecule has 122 valence electrons. The van der Waals surface area contributed by atoms with Gasteiger partial charge in [-0.3, -0.25) is 10.1 Å². The Morgan fingerprint density at radius 3 is 2.45 bits per heavy atom. The maximum Gasteiger partial charge on any atom is 0.338 e. The summed E-state index contributed by atoms with van der Waals surface area (Å²) < 4.78 is 15.0. The number of carbonyl (C=O) groups excluding carboxylic acids is 1. The van der Waals surface area contributed by atoms with Crippen LogP contribution in [-0.2, 0) is 14.2 Å². The van der Waals surface area contributed by atoms with Gasteiger partial charge < -0.3 is 19.3 Å². The second-order valence-corrected chi connectivity index (χ2v) is 4.41. The Balaban J connectivity index is 2.31. The van der Waals surface area contributed by atoms with E-state index in [-0.39, 0.29) is 42.7 Å². The number of benzene rings is 1. The third-order valence-corrected chi connectivity index (χ3v) is 2.77. The first-order chi connectivity index (χ1) is 10.6. The summed E-state index contributed by atoms with van der Waals surface area (Å²) in [5.74, 6) is -0.695. The molecule has 0 bridgehead atoms. The molecule has 0 aliphatic carbocycles. The lowest BCUT2D eigenvalue weighted by atomic mass is 10.2. The maximum atomic E-state index is 11.7. The van der Waals surface area contributed by atoms with E-state index in [1.165, 1.54) is 12.1 Å². The van der Waals surface area contributed by atoms with E-state index in [1.807, 2.05) is 0 Å². The van der Waals surface area contributed by atoms with Gasteiger partial charge in [-0.2, -0.15) is 0 Å². The smallest absolute Gasteiger partial charge is 0.338 e. The van der Waals surface area contributed by atoms with E-state index in [4.69, 9.17) is 30.9 Å². The minimum absolute atomic E-state index is 0.00918. The fourth-order valence-electron chi connectivity index (χ4n) is 1.44. The monoisotopic (exact) mass is 333 g/mol. The third-order valence-electron chi connectivity index (χ3n) is 2.45. The number of esters is 1. The first-order valence-electron chi connectivity index (χ1n) is 6.43. The van der Waals surface area contributed by atoms with Crippen molar-refractivity contribution in [2.75, 3.05) is 39.6 Å². The largest absolute Gasteiger partial charge is 0.460 e. The van der Waals surface area contributed by atoms with Crippen LogP contribution in [0.1, 0.15) is 10.4 Å². The molecule has 0 atom stereocenters. The molecule has 1 aromatic carbocycles. The number of aliphatic hydroxyl groups excluding tert-OH is 1. The standard InChI is InChI=1S/C13H16ClNO7/c14-11-2-1-10(9-12(11)15(18)19)13(17)22-8-7-21-6-5-20-4-3-16/h1-2,9,16H,3-8H2. The Bertz CT molecular complexity index is 509. The Morgan fingerprint density at radius 1 is 1.18 bits per heavy atom. The van der Waals surface area contributed by atoms with Crippen molar-refractivity contribution < 1.29 is 29.0 Å². The molecule has 8 nitrogen and oxygen atoms in total. The van der Waals surface area contributed by atoms with Crippen LogP contribution in [0.5, 0.6) is 0 Å². The number of hydrogen-bond acceptors (Lipinski definition) is 7. The lowest BCUT2D eigenvalue weighted by molar-refractivity contribution is -0.384. The van der Waals surface area contributed by atoms with E-state index in [1.54, 1.807) is 0 Å². The molecule has 0 aliphatic heterocycles. The third kappa shape index (κ3) is 6.35. The van der Waals surface area contributed by atoms with Crippen molar-refractivity contribution in [3.05, 3.63) is 38.9 Å². The van der Waals surface area contributed by atoms with Crippen LogP contribution < -0.4 is 0 Å². The van der Waals surface area contributed by atoms with Crippen molar-refractivity contribution in [2.24, 2.45) is 0 Å². The number of rotatable bonds is 10. The minimum Gasteiger partial charge on any atom is -0.460 e. The predicted molar refractivity (Wildman–Crippen MR) is 77.1 cm³/mol. The van der Waals surface area contributed by atoms with Crippen molar-refractivity contribution >= 4 is 23.3 Å². The quantitative estimate of drug-likeness (QED) is 0.298. The Labute approximate surface area is 131 Å². The number of halogens is 1. The van der Waals surface area contributed by atoms with E-state index in [2.05, 4.69) is 0 Å². The topological polar surface area (TPSA) is 108 Å². The highest BCUT2D eigenvalue weighted by molar-refractivity contribution is 6.32. The molecule has 0 amide bonds. The van der Waals surface area contributed by atoms with E-state index in [9.17, 15) is 14.9 Å². The molecule has 1 N–H and O–H groups in total. The fraction of sp³-hybridized carbons (Fsp3) is 0.462. The van der Waals surface area contributed by atoms with Gasteiger partial charge in [0.1, 0.15) is 11.6 Å². The Hall–Kier alpha value is -1.74. The van der Waals surface area contributed by atoms with Gasteiger partial charge in [-0.05, 0) is 12.1 Å². The predicted octanol–water partition coefficient (Wildman–Crippen LogP) is 1.43. The van der Waals surface area contributed by atoms with Crippen LogP contribution in [0.15, 0.2) is 18.2 Å². The minimum atomic E-state index is -0.695. The van der Waals surface area contributed by atoms with Crippen LogP contribution in [0.4, 0.5) is 5.69 Å². The average molecular weight is 334 g/mol. The van der Waals surface area contributed by atoms with Crippen molar-refractivity contribution in [3.63, 3.8) is 0 Å². The summed E-state index contributed by atoms with van der Waals surface area (Å²) in [4.78, 5) is 21.8. The van der Waals surface area contributed by atoms with Crippen molar-refractivity contribution in [3.8, 4) is 0 Å². The van der Waals surface area contributed by atoms with Crippen LogP contribution in [0.25, 0.3) is 0 Å². The van der Waals surface area contributed by atoms with E-state index in [0.717, 1.165) is 6.07 Å². The zero-order valence-electron chi connectivity index (χ0n) is 11.7. The number of hydrogen-bond donors (Lipinski definition) is 1. The molecule has 0 unspecified atom stereocenters. The SMILES string of the molecule is O=C(OCCOCCOCCO)c1ccc(Cl)c([N+](=O)[O-])c1. The molecule has 0 spiro atoms. The fourth-order valence-corrected chi connectivity index (χ4v) is 1.63. The number of aliphatic hydroxyl groups is 1. The van der Waals surface area contributed by atoms with Gasteiger partial charge in [0.25, 0.3) is 5.69 Å². The Morgan fingerprint density at radius 2 is 1.82 bits per heavy atom. The van der Waals surface area contributed by atoms with Gasteiger partial charge >= 0.3 is 5.97 Å². The first-order valence-corrected chi connectivity index (χ1v) is 6.81. The number of carbonyl (C=O) groups is 1. The molecule has 1 aromatic rings. The van der Waals surface area contributed by atoms with Crippen LogP contribution in [-0.4, -0.2) is 55.6 Å². The number of nitro benzene ring substituents is 1. The highest BCUT2D eigenvalue weighted by atomic mass is 35.5. The lowest BCUT2D eigenvalue weighted by Crippen LogP contribution is -2.13. The van der Waals surface area contributed by atoms with Gasteiger partial charge in [0.15, 0.2) is 0 Å². The van der Waals surface area contributed by atoms with E-state index >= 15 is 0 Å². The van der Waals surface area contributed by atoms with E-state index in [0.29, 0.717) is 13.2 Å². The van der Waals surface area contributed by atoms with E-state index < -0.39 is 10.9 Å². The maximum absolute atomic E-state index is 11.7. The van der Waals surface area contributed by atoms with Crippen molar-refractivity contribution in [1.29, 1.82) is 0 Å². The first kappa shape index (κ1) is 18.3. The van der Waals surface area contributed by atoms with Gasteiger partial charge in [-0.15, -0.1) is 0 Å². The molecule has 0 aromatic heterocycles. The second kappa shape index (κ2) is 10.1. The zero-order valence-corrected chi connectivity index (χ0v) is 12.5. The van der Waals surface area contributed by atoms with Crippen LogP contribution >= 0.6 is 11.6 Å². The molecule has 0 saturated carbocycles. The molecule has 0 heterocycles. The highest BCUT2D eigenvalue weighted by Crippen LogP contribution is 2.25. The summed E-state index contributed by atoms with van der Waals surface area (Å²) in [6.45, 7) is 1.01. The molecule has 1 rings (SSSR count). The molecule has 9 heteroatoms. The van der Waals surface area contributed by atoms with Gasteiger partial charge in [-0.1, -0.05) is 11.6 Å². The molecule has 0 fully saturated rings. The molecular formula is C13H16ClNO7. The summed E-state index contributed by atoms with van der Waals surface area (Å²) >= 11 is 5.65. The molecule has 0 radical (unpaired) electrons. The summed E-state index contributed by atoms with van der Waals surface area (Å²) in [6.07, 6.45) is 0. The summed E-state index contributed by atoms with van der Waals surface area (Å²) in [7, 11) is 0. The molecule has 0 saturated heterocycles. The zero-order chi connectivity index (χ0) is 16.4. The normalized spacial score (nSPS) is 10.5. The van der Waals surface area contributed by atoms with Crippen LogP contribution in [0.2, 0.25) is 5.02 Å². The number of nitro groups is 1. The summed E-state index contributed by atoms with van der Waals surface area (Å²) in [5, 5.41) is 19.2. The Kier molecular flexibility index (Phi) is 8.38. The van der Waals surface area contributed by atoms with Gasteiger partial charge in [0, 0.05) is 6.07 Å². The highest BCUT2D eigenvalue weighted by Gasteiger charge is 2.16. The van der Waals surface area contributed by atoms with Gasteiger partial charge in [-0.25, -0.2) is 4.79 Å². The summed E-state index contributed by atoms with van der Waals surface area (Å²) in [5.41, 5.74) is -0.309. The van der Waals surface area contributed by atoms with Crippen molar-refractivity contribution in [2.45, 2.75) is 0 Å². The molecule has 22 heavy (non-hydrogen) atoms. The molecular weight excluding hydrogens is 318 g/mol. The van der Waals surface area contributed by atoms with Crippen molar-refractivity contribution in [1.82, 2.24) is 0 Å². The van der Waals surface area contributed by atoms with Crippen LogP contribution in [0, 0.1) is 10.1 Å². The molecule has 0 aliphatic rings. The summed E-state index contributed by atoms with van der Waals surface area (Å²) in [6, 6.07) is 3.68.